The van der Waals surface area contributed by atoms with Crippen molar-refractivity contribution >= 4 is 11.6 Å². The first kappa shape index (κ1) is 23.1. The van der Waals surface area contributed by atoms with Crippen molar-refractivity contribution in [3.05, 3.63) is 123 Å². The van der Waals surface area contributed by atoms with Gasteiger partial charge in [-0.3, -0.25) is 9.69 Å². The van der Waals surface area contributed by atoms with Crippen LogP contribution < -0.4 is 5.56 Å². The number of benzene rings is 2. The highest BCUT2D eigenvalue weighted by molar-refractivity contribution is 6.30. The van der Waals surface area contributed by atoms with E-state index in [2.05, 4.69) is 51.0 Å². The molecule has 0 radical (unpaired) electrons. The average Bonchev–Trinajstić information content (AvgIpc) is 3.31. The third kappa shape index (κ3) is 5.54. The number of hydrogen-bond acceptors (Lipinski definition) is 4. The Kier molecular flexibility index (Phi) is 6.80. The predicted molar refractivity (Wildman–Crippen MR) is 136 cm³/mol. The Morgan fingerprint density at radius 2 is 1.80 bits per heavy atom. The van der Waals surface area contributed by atoms with E-state index in [1.807, 2.05) is 30.6 Å². The molecular weight excluding hydrogens is 458 g/mol. The van der Waals surface area contributed by atoms with Crippen LogP contribution in [0.25, 0.3) is 0 Å². The molecule has 3 heterocycles. The van der Waals surface area contributed by atoms with Crippen LogP contribution >= 0.6 is 11.6 Å². The maximum Gasteiger partial charge on any atom is 0.250 e. The highest BCUT2D eigenvalue weighted by Crippen LogP contribution is 2.25. The Labute approximate surface area is 209 Å². The lowest BCUT2D eigenvalue weighted by Gasteiger charge is -2.37. The first-order valence-electron chi connectivity index (χ1n) is 11.7. The molecule has 0 spiro atoms. The van der Waals surface area contributed by atoms with E-state index >= 15 is 0 Å². The predicted octanol–water partition coefficient (Wildman–Crippen LogP) is 4.29. The van der Waals surface area contributed by atoms with Crippen LogP contribution in [0.5, 0.6) is 0 Å². The summed E-state index contributed by atoms with van der Waals surface area (Å²) < 4.78 is 3.77. The number of pyridine rings is 1. The van der Waals surface area contributed by atoms with E-state index < -0.39 is 0 Å². The molecule has 1 aliphatic heterocycles. The van der Waals surface area contributed by atoms with Gasteiger partial charge < -0.3 is 9.13 Å². The number of imidazole rings is 1. The van der Waals surface area contributed by atoms with E-state index in [1.54, 1.807) is 16.8 Å². The van der Waals surface area contributed by atoms with E-state index in [4.69, 9.17) is 16.9 Å². The molecule has 0 saturated carbocycles. The summed E-state index contributed by atoms with van der Waals surface area (Å²) in [5.74, 6) is 0. The minimum absolute atomic E-state index is 0.0371. The van der Waals surface area contributed by atoms with Crippen LogP contribution in [0.1, 0.15) is 27.9 Å². The second-order valence-corrected chi connectivity index (χ2v) is 9.46. The summed E-state index contributed by atoms with van der Waals surface area (Å²) in [5, 5.41) is 9.56. The molecule has 176 valence electrons. The Balaban J connectivity index is 1.31. The van der Waals surface area contributed by atoms with Gasteiger partial charge in [0.15, 0.2) is 0 Å². The van der Waals surface area contributed by atoms with Gasteiger partial charge >= 0.3 is 0 Å². The molecule has 0 aliphatic carbocycles. The van der Waals surface area contributed by atoms with Crippen molar-refractivity contribution in [1.29, 1.82) is 5.26 Å². The van der Waals surface area contributed by atoms with E-state index in [-0.39, 0.29) is 11.6 Å². The molecule has 0 N–H and O–H groups in total. The van der Waals surface area contributed by atoms with Gasteiger partial charge in [0.1, 0.15) is 0 Å². The molecule has 2 aromatic heterocycles. The minimum atomic E-state index is -0.0371. The van der Waals surface area contributed by atoms with E-state index in [9.17, 15) is 4.79 Å². The van der Waals surface area contributed by atoms with Gasteiger partial charge in [-0.2, -0.15) is 5.26 Å². The maximum atomic E-state index is 12.3. The fraction of sp³-hybridized carbons (Fsp3) is 0.250. The first-order valence-corrected chi connectivity index (χ1v) is 12.1. The quantitative estimate of drug-likeness (QED) is 0.393. The smallest absolute Gasteiger partial charge is 0.250 e. The molecule has 1 atom stereocenters. The van der Waals surface area contributed by atoms with Crippen LogP contribution in [0.4, 0.5) is 0 Å². The van der Waals surface area contributed by atoms with Crippen molar-refractivity contribution in [2.75, 3.05) is 6.54 Å². The summed E-state index contributed by atoms with van der Waals surface area (Å²) in [4.78, 5) is 19.4. The van der Waals surface area contributed by atoms with Crippen LogP contribution in [0.2, 0.25) is 5.02 Å². The highest BCUT2D eigenvalue weighted by atomic mass is 35.5. The topological polar surface area (TPSA) is 66.8 Å². The molecule has 0 saturated heterocycles. The summed E-state index contributed by atoms with van der Waals surface area (Å²) in [5.41, 5.74) is 5.53. The standard InChI is InChI=1S/C28H26ClN5O/c29-25-9-10-28(35)34(18-25)12-11-33-17-24-4-2-1-3-23(24)13-27(33)14-26-19-32(20-31-26)16-22-7-5-21(15-30)6-8-22/h1-10,18-20,27H,11-14,16-17H2. The number of halogens is 1. The van der Waals surface area contributed by atoms with Crippen molar-refractivity contribution in [1.82, 2.24) is 19.0 Å². The fourth-order valence-electron chi connectivity index (χ4n) is 4.75. The first-order chi connectivity index (χ1) is 17.1. The molecule has 1 aliphatic rings. The van der Waals surface area contributed by atoms with Crippen LogP contribution in [0.15, 0.2) is 84.2 Å². The number of hydrogen-bond donors (Lipinski definition) is 0. The molecule has 6 nitrogen and oxygen atoms in total. The van der Waals surface area contributed by atoms with Gasteiger partial charge in [-0.15, -0.1) is 0 Å². The highest BCUT2D eigenvalue weighted by Gasteiger charge is 2.26. The zero-order valence-electron chi connectivity index (χ0n) is 19.3. The second-order valence-electron chi connectivity index (χ2n) is 9.03. The van der Waals surface area contributed by atoms with Crippen molar-refractivity contribution in [3.63, 3.8) is 0 Å². The second kappa shape index (κ2) is 10.3. The number of aromatic nitrogens is 3. The Hall–Kier alpha value is -3.66. The lowest BCUT2D eigenvalue weighted by molar-refractivity contribution is 0.162. The van der Waals surface area contributed by atoms with Crippen LogP contribution in [-0.2, 0) is 32.5 Å². The fourth-order valence-corrected chi connectivity index (χ4v) is 4.93. The summed E-state index contributed by atoms with van der Waals surface area (Å²) >= 11 is 6.12. The Morgan fingerprint density at radius 1 is 1.00 bits per heavy atom. The van der Waals surface area contributed by atoms with Gasteiger partial charge in [0, 0.05) is 57.1 Å². The van der Waals surface area contributed by atoms with Crippen molar-refractivity contribution in [2.24, 2.45) is 0 Å². The molecule has 0 bridgehead atoms. The average molecular weight is 484 g/mol. The van der Waals surface area contributed by atoms with Crippen molar-refractivity contribution in [3.8, 4) is 6.07 Å². The van der Waals surface area contributed by atoms with Gasteiger partial charge in [0.05, 0.1) is 28.7 Å². The SMILES string of the molecule is N#Cc1ccc(Cn2cnc(CC3Cc4ccccc4CN3CCn3cc(Cl)ccc3=O)c2)cc1. The van der Waals surface area contributed by atoms with Gasteiger partial charge in [0.25, 0.3) is 5.56 Å². The number of nitriles is 1. The Morgan fingerprint density at radius 3 is 2.60 bits per heavy atom. The largest absolute Gasteiger partial charge is 0.333 e. The molecule has 7 heteroatoms. The lowest BCUT2D eigenvalue weighted by Crippen LogP contribution is -2.44. The van der Waals surface area contributed by atoms with Gasteiger partial charge in [0.2, 0.25) is 0 Å². The summed E-state index contributed by atoms with van der Waals surface area (Å²) in [6.45, 7) is 2.91. The van der Waals surface area contributed by atoms with Crippen LogP contribution in [-0.4, -0.2) is 31.6 Å². The third-order valence-electron chi connectivity index (χ3n) is 6.62. The molecule has 1 unspecified atom stereocenters. The van der Waals surface area contributed by atoms with Crippen molar-refractivity contribution in [2.45, 2.75) is 38.5 Å². The van der Waals surface area contributed by atoms with E-state index in [0.29, 0.717) is 23.7 Å². The van der Waals surface area contributed by atoms with E-state index in [0.717, 1.165) is 37.2 Å². The molecule has 0 fully saturated rings. The summed E-state index contributed by atoms with van der Waals surface area (Å²) in [6.07, 6.45) is 7.47. The Bertz CT molecular complexity index is 1420. The van der Waals surface area contributed by atoms with Crippen LogP contribution in [0, 0.1) is 11.3 Å². The van der Waals surface area contributed by atoms with E-state index in [1.165, 1.54) is 17.2 Å². The number of nitrogens with zero attached hydrogens (tertiary/aromatic N) is 5. The summed E-state index contributed by atoms with van der Waals surface area (Å²) in [7, 11) is 0. The summed E-state index contributed by atoms with van der Waals surface area (Å²) in [6, 6.07) is 21.8. The zero-order valence-corrected chi connectivity index (χ0v) is 20.1. The normalized spacial score (nSPS) is 15.5. The van der Waals surface area contributed by atoms with Gasteiger partial charge in [-0.1, -0.05) is 48.0 Å². The third-order valence-corrected chi connectivity index (χ3v) is 6.84. The monoisotopic (exact) mass is 483 g/mol. The molecule has 0 amide bonds. The minimum Gasteiger partial charge on any atom is -0.333 e. The van der Waals surface area contributed by atoms with Gasteiger partial charge in [-0.05, 0) is 41.3 Å². The number of rotatable bonds is 7. The lowest BCUT2D eigenvalue weighted by atomic mass is 9.91. The molecule has 5 rings (SSSR count). The number of fused-ring (bicyclic) bond motifs is 1. The zero-order chi connectivity index (χ0) is 24.2. The van der Waals surface area contributed by atoms with Crippen LogP contribution in [0.3, 0.4) is 0 Å². The van der Waals surface area contributed by atoms with Gasteiger partial charge in [-0.25, -0.2) is 4.98 Å². The molecular formula is C28H26ClN5O. The molecule has 35 heavy (non-hydrogen) atoms. The van der Waals surface area contributed by atoms with Crippen molar-refractivity contribution < 1.29 is 0 Å². The maximum absolute atomic E-state index is 12.3. The molecule has 2 aromatic carbocycles. The molecule has 4 aromatic rings.